The lowest BCUT2D eigenvalue weighted by molar-refractivity contribution is 0.203. The van der Waals surface area contributed by atoms with Crippen LogP contribution in [0.4, 0.5) is 0 Å². The number of allylic oxidation sites excluding steroid dienone is 3. The molecule has 1 unspecified atom stereocenters. The third-order valence-electron chi connectivity index (χ3n) is 5.24. The minimum atomic E-state index is 0.108. The third kappa shape index (κ3) is 4.59. The molecule has 1 aromatic carbocycles. The van der Waals surface area contributed by atoms with Gasteiger partial charge >= 0.3 is 0 Å². The summed E-state index contributed by atoms with van der Waals surface area (Å²) in [4.78, 5) is 4.47. The average Bonchev–Trinajstić information content (AvgIpc) is 2.86. The fraction of sp³-hybridized carbons (Fsp3) is 0.409. The zero-order valence-corrected chi connectivity index (χ0v) is 17.0. The summed E-state index contributed by atoms with van der Waals surface area (Å²) < 4.78 is 0.760. The van der Waals surface area contributed by atoms with Crippen LogP contribution in [0.1, 0.15) is 56.7 Å². The van der Waals surface area contributed by atoms with Crippen LogP contribution in [0.3, 0.4) is 0 Å². The lowest BCUT2D eigenvalue weighted by atomic mass is 9.73. The maximum Gasteiger partial charge on any atom is 0.0613 e. The first-order valence-corrected chi connectivity index (χ1v) is 9.79. The van der Waals surface area contributed by atoms with E-state index >= 15 is 0 Å². The largest absolute Gasteiger partial charge is 0.323 e. The SMILES string of the molecule is C=C(Br)C=N/C(=C\C)C(=C)CCC1(CCC)Cc2ccccc2[C@H]1N. The van der Waals surface area contributed by atoms with Crippen LogP contribution in [0, 0.1) is 5.41 Å². The Morgan fingerprint density at radius 1 is 1.36 bits per heavy atom. The monoisotopic (exact) mass is 400 g/mol. The normalized spacial score (nSPS) is 23.0. The van der Waals surface area contributed by atoms with Gasteiger partial charge in [-0.05, 0) is 70.7 Å². The van der Waals surface area contributed by atoms with Gasteiger partial charge in [-0.3, -0.25) is 4.99 Å². The van der Waals surface area contributed by atoms with E-state index in [0.717, 1.165) is 47.9 Å². The minimum absolute atomic E-state index is 0.108. The average molecular weight is 401 g/mol. The predicted molar refractivity (Wildman–Crippen MR) is 113 cm³/mol. The number of rotatable bonds is 8. The van der Waals surface area contributed by atoms with E-state index in [9.17, 15) is 0 Å². The van der Waals surface area contributed by atoms with E-state index in [1.165, 1.54) is 11.1 Å². The molecule has 0 fully saturated rings. The first-order chi connectivity index (χ1) is 11.9. The molecule has 25 heavy (non-hydrogen) atoms. The predicted octanol–water partition coefficient (Wildman–Crippen LogP) is 6.25. The Kier molecular flexibility index (Phi) is 6.97. The third-order valence-corrected chi connectivity index (χ3v) is 5.45. The summed E-state index contributed by atoms with van der Waals surface area (Å²) in [6, 6.07) is 8.74. The van der Waals surface area contributed by atoms with E-state index in [0.29, 0.717) is 0 Å². The fourth-order valence-corrected chi connectivity index (χ4v) is 4.07. The number of nitrogens with two attached hydrogens (primary N) is 1. The molecule has 2 nitrogen and oxygen atoms in total. The Hall–Kier alpha value is -1.45. The van der Waals surface area contributed by atoms with Crippen LogP contribution >= 0.6 is 15.9 Å². The number of nitrogens with zero attached hydrogens (tertiary/aromatic N) is 1. The maximum atomic E-state index is 6.71. The van der Waals surface area contributed by atoms with Crippen LogP contribution in [0.5, 0.6) is 0 Å². The second-order valence-corrected chi connectivity index (χ2v) is 7.97. The van der Waals surface area contributed by atoms with Gasteiger partial charge in [0.15, 0.2) is 0 Å². The number of hydrogen-bond acceptors (Lipinski definition) is 2. The number of halogens is 1. The molecule has 3 heteroatoms. The zero-order valence-electron chi connectivity index (χ0n) is 15.4. The van der Waals surface area contributed by atoms with Crippen molar-refractivity contribution in [2.45, 2.75) is 52.0 Å². The molecule has 0 heterocycles. The smallest absolute Gasteiger partial charge is 0.0613 e. The number of benzene rings is 1. The van der Waals surface area contributed by atoms with Gasteiger partial charge in [-0.2, -0.15) is 0 Å². The van der Waals surface area contributed by atoms with E-state index in [2.05, 4.69) is 65.3 Å². The zero-order chi connectivity index (χ0) is 18.4. The highest BCUT2D eigenvalue weighted by atomic mass is 79.9. The van der Waals surface area contributed by atoms with Gasteiger partial charge in [0.05, 0.1) is 5.70 Å². The topological polar surface area (TPSA) is 38.4 Å². The molecule has 0 radical (unpaired) electrons. The van der Waals surface area contributed by atoms with E-state index in [-0.39, 0.29) is 11.5 Å². The van der Waals surface area contributed by atoms with Gasteiger partial charge < -0.3 is 5.73 Å². The van der Waals surface area contributed by atoms with Gasteiger partial charge in [-0.15, -0.1) is 0 Å². The minimum Gasteiger partial charge on any atom is -0.323 e. The van der Waals surface area contributed by atoms with Crippen molar-refractivity contribution in [3.63, 3.8) is 0 Å². The van der Waals surface area contributed by atoms with Gasteiger partial charge in [0.2, 0.25) is 0 Å². The highest BCUT2D eigenvalue weighted by Crippen LogP contribution is 2.50. The molecule has 134 valence electrons. The summed E-state index contributed by atoms with van der Waals surface area (Å²) in [5.74, 6) is 0. The molecule has 2 atom stereocenters. The molecule has 1 aliphatic carbocycles. The molecule has 1 aromatic rings. The molecule has 0 bridgehead atoms. The molecular formula is C22H29BrN2. The molecule has 0 aliphatic heterocycles. The van der Waals surface area contributed by atoms with Gasteiger partial charge in [0, 0.05) is 16.7 Å². The molecule has 0 amide bonds. The molecule has 0 aromatic heterocycles. The Balaban J connectivity index is 2.13. The Labute approximate surface area is 160 Å². The summed E-state index contributed by atoms with van der Waals surface area (Å²) in [5.41, 5.74) is 11.6. The van der Waals surface area contributed by atoms with Crippen molar-refractivity contribution < 1.29 is 0 Å². The van der Waals surface area contributed by atoms with Crippen LogP contribution < -0.4 is 5.73 Å². The van der Waals surface area contributed by atoms with E-state index in [1.54, 1.807) is 6.21 Å². The molecule has 2 rings (SSSR count). The van der Waals surface area contributed by atoms with Gasteiger partial charge in [0.1, 0.15) is 0 Å². The summed E-state index contributed by atoms with van der Waals surface area (Å²) >= 11 is 3.31. The van der Waals surface area contributed by atoms with Crippen LogP contribution in [-0.4, -0.2) is 6.21 Å². The quantitative estimate of drug-likeness (QED) is 0.406. The Bertz CT molecular complexity index is 702. The van der Waals surface area contributed by atoms with E-state index in [4.69, 9.17) is 5.73 Å². The van der Waals surface area contributed by atoms with Crippen molar-refractivity contribution in [2.75, 3.05) is 0 Å². The molecule has 0 saturated carbocycles. The van der Waals surface area contributed by atoms with Crippen LogP contribution in [0.25, 0.3) is 0 Å². The highest BCUT2D eigenvalue weighted by molar-refractivity contribution is 9.12. The summed E-state index contributed by atoms with van der Waals surface area (Å²) in [6.07, 6.45) is 9.03. The van der Waals surface area contributed by atoms with Gasteiger partial charge in [-0.1, -0.05) is 56.8 Å². The molecule has 0 spiro atoms. The lowest BCUT2D eigenvalue weighted by Crippen LogP contribution is -2.31. The molecule has 1 aliphatic rings. The second-order valence-electron chi connectivity index (χ2n) is 6.95. The van der Waals surface area contributed by atoms with Crippen molar-refractivity contribution in [3.8, 4) is 0 Å². The van der Waals surface area contributed by atoms with Crippen molar-refractivity contribution in [1.29, 1.82) is 0 Å². The van der Waals surface area contributed by atoms with Crippen LogP contribution in [0.15, 0.2) is 64.2 Å². The first-order valence-electron chi connectivity index (χ1n) is 9.00. The van der Waals surface area contributed by atoms with Crippen LogP contribution in [0.2, 0.25) is 0 Å². The first kappa shape index (κ1) is 19.9. The Morgan fingerprint density at radius 2 is 2.08 bits per heavy atom. The number of aliphatic imine (C=N–C) groups is 1. The highest BCUT2D eigenvalue weighted by Gasteiger charge is 2.42. The van der Waals surface area contributed by atoms with E-state index in [1.807, 2.05) is 13.0 Å². The summed E-state index contributed by atoms with van der Waals surface area (Å²) in [5, 5.41) is 0. The summed E-state index contributed by atoms with van der Waals surface area (Å²) in [6.45, 7) is 12.3. The van der Waals surface area contributed by atoms with Gasteiger partial charge in [-0.25, -0.2) is 0 Å². The molecular weight excluding hydrogens is 372 g/mol. The van der Waals surface area contributed by atoms with Gasteiger partial charge in [0.25, 0.3) is 0 Å². The van der Waals surface area contributed by atoms with Crippen molar-refractivity contribution >= 4 is 22.1 Å². The number of fused-ring (bicyclic) bond motifs is 1. The van der Waals surface area contributed by atoms with Crippen molar-refractivity contribution in [2.24, 2.45) is 16.1 Å². The standard InChI is InChI=1S/C22H29BrN2/c1-5-12-22(14-18-9-7-8-10-19(18)21(22)24)13-11-16(3)20(6-2)25-15-17(4)23/h6-10,15,21H,3-5,11-14,24H2,1-2H3/b20-6-,25-15?/t21-,22?/m1/s1. The van der Waals surface area contributed by atoms with E-state index < -0.39 is 0 Å². The number of hydrogen-bond donors (Lipinski definition) is 1. The van der Waals surface area contributed by atoms with Crippen molar-refractivity contribution in [3.05, 3.63) is 70.4 Å². The van der Waals surface area contributed by atoms with Crippen molar-refractivity contribution in [1.82, 2.24) is 0 Å². The maximum absolute atomic E-state index is 6.71. The second kappa shape index (κ2) is 8.77. The van der Waals surface area contributed by atoms with Crippen LogP contribution in [-0.2, 0) is 6.42 Å². The Morgan fingerprint density at radius 3 is 2.68 bits per heavy atom. The fourth-order valence-electron chi connectivity index (χ4n) is 3.97. The molecule has 2 N–H and O–H groups in total. The molecule has 0 saturated heterocycles. The lowest BCUT2D eigenvalue weighted by Gasteiger charge is -2.34. The summed E-state index contributed by atoms with van der Waals surface area (Å²) in [7, 11) is 0.